The summed E-state index contributed by atoms with van der Waals surface area (Å²) in [4.78, 5) is 2.52. The number of benzene rings is 2. The third-order valence-electron chi connectivity index (χ3n) is 2.84. The van der Waals surface area contributed by atoms with E-state index in [9.17, 15) is 0 Å². The Balaban J connectivity index is 2.02. The fourth-order valence-electron chi connectivity index (χ4n) is 1.76. The molecule has 0 atom stereocenters. The van der Waals surface area contributed by atoms with E-state index in [2.05, 4.69) is 72.6 Å². The summed E-state index contributed by atoms with van der Waals surface area (Å²) in [5, 5.41) is 0. The molecule has 0 aliphatic carbocycles. The van der Waals surface area contributed by atoms with Crippen molar-refractivity contribution >= 4 is 38.8 Å². The summed E-state index contributed by atoms with van der Waals surface area (Å²) in [6, 6.07) is 21.8. The van der Waals surface area contributed by atoms with Gasteiger partial charge in [-0.15, -0.1) is 0 Å². The Morgan fingerprint density at radius 1 is 0.900 bits per heavy atom. The van der Waals surface area contributed by atoms with Crippen molar-refractivity contribution in [3.05, 3.63) is 70.1 Å². The normalized spacial score (nSPS) is 11.6. The van der Waals surface area contributed by atoms with Gasteiger partial charge in [-0.05, 0) is 0 Å². The second-order valence-electron chi connectivity index (χ2n) is 4.53. The molecular formula is C18H20Se2. The zero-order valence-corrected chi connectivity index (χ0v) is 15.2. The van der Waals surface area contributed by atoms with Crippen LogP contribution in [0, 0.1) is 0 Å². The van der Waals surface area contributed by atoms with Gasteiger partial charge in [-0.1, -0.05) is 0 Å². The average Bonchev–Trinajstić information content (AvgIpc) is 2.52. The van der Waals surface area contributed by atoms with Crippen LogP contribution in [0.1, 0.15) is 26.2 Å². The van der Waals surface area contributed by atoms with Crippen LogP contribution in [0.25, 0.3) is 0 Å². The van der Waals surface area contributed by atoms with Crippen molar-refractivity contribution in [1.82, 2.24) is 0 Å². The predicted molar refractivity (Wildman–Crippen MR) is 91.3 cm³/mol. The number of hydrogen-bond donors (Lipinski definition) is 0. The molecule has 2 rings (SSSR count). The molecule has 0 saturated heterocycles. The molecule has 2 aromatic rings. The molecule has 0 N–H and O–H groups in total. The Hall–Kier alpha value is -0.781. The number of allylic oxidation sites excluding steroid dienone is 1. The molecule has 0 unspecified atom stereocenters. The molecule has 0 radical (unpaired) electrons. The van der Waals surface area contributed by atoms with Gasteiger partial charge in [-0.25, -0.2) is 0 Å². The molecule has 0 saturated carbocycles. The second kappa shape index (κ2) is 9.21. The summed E-state index contributed by atoms with van der Waals surface area (Å²) < 4.78 is 4.62. The van der Waals surface area contributed by atoms with Crippen molar-refractivity contribution in [2.75, 3.05) is 0 Å². The first kappa shape index (κ1) is 15.6. The van der Waals surface area contributed by atoms with Crippen LogP contribution >= 0.6 is 0 Å². The zero-order valence-electron chi connectivity index (χ0n) is 11.8. The Morgan fingerprint density at radius 3 is 2.10 bits per heavy atom. The molecule has 0 heterocycles. The van der Waals surface area contributed by atoms with Crippen LogP contribution < -0.4 is 8.92 Å². The molecule has 0 spiro atoms. The van der Waals surface area contributed by atoms with Gasteiger partial charge in [0, 0.05) is 0 Å². The maximum atomic E-state index is 2.52. The summed E-state index contributed by atoms with van der Waals surface area (Å²) in [6.07, 6.45) is 3.85. The molecular weight excluding hydrogens is 374 g/mol. The van der Waals surface area contributed by atoms with Crippen LogP contribution in [-0.2, 0) is 0 Å². The number of hydrogen-bond acceptors (Lipinski definition) is 0. The van der Waals surface area contributed by atoms with Crippen LogP contribution in [0.2, 0.25) is 0 Å². The van der Waals surface area contributed by atoms with E-state index in [1.807, 2.05) is 0 Å². The van der Waals surface area contributed by atoms with Crippen molar-refractivity contribution < 1.29 is 0 Å². The minimum absolute atomic E-state index is 0.473. The Morgan fingerprint density at radius 2 is 1.50 bits per heavy atom. The molecule has 0 aliphatic rings. The van der Waals surface area contributed by atoms with E-state index in [1.54, 1.807) is 4.47 Å². The van der Waals surface area contributed by atoms with E-state index >= 15 is 0 Å². The van der Waals surface area contributed by atoms with Gasteiger partial charge in [0.1, 0.15) is 0 Å². The Kier molecular flexibility index (Phi) is 7.19. The fraction of sp³-hybridized carbons (Fsp3) is 0.222. The van der Waals surface area contributed by atoms with Gasteiger partial charge >= 0.3 is 135 Å². The van der Waals surface area contributed by atoms with E-state index < -0.39 is 0 Å². The number of rotatable bonds is 7. The van der Waals surface area contributed by atoms with Gasteiger partial charge in [0.15, 0.2) is 0 Å². The third-order valence-corrected chi connectivity index (χ3v) is 7.87. The minimum atomic E-state index is 0.473. The maximum absolute atomic E-state index is 2.52. The second-order valence-corrected chi connectivity index (χ2v) is 9.03. The summed E-state index contributed by atoms with van der Waals surface area (Å²) in [6.45, 7) is 2.27. The van der Waals surface area contributed by atoms with Gasteiger partial charge < -0.3 is 0 Å². The molecule has 0 nitrogen and oxygen atoms in total. The summed E-state index contributed by atoms with van der Waals surface area (Å²) in [5.74, 6) is 0. The van der Waals surface area contributed by atoms with Crippen LogP contribution in [0.15, 0.2) is 70.1 Å². The summed E-state index contributed by atoms with van der Waals surface area (Å²) in [7, 11) is 0. The van der Waals surface area contributed by atoms with Gasteiger partial charge in [0.25, 0.3) is 0 Å². The van der Waals surface area contributed by atoms with Crippen LogP contribution in [0.3, 0.4) is 0 Å². The quantitative estimate of drug-likeness (QED) is 0.634. The van der Waals surface area contributed by atoms with Crippen LogP contribution in [0.4, 0.5) is 0 Å². The van der Waals surface area contributed by atoms with Crippen LogP contribution in [0.5, 0.6) is 0 Å². The van der Waals surface area contributed by atoms with Crippen LogP contribution in [-0.4, -0.2) is 29.9 Å². The summed E-state index contributed by atoms with van der Waals surface area (Å²) in [5.41, 5.74) is 0. The molecule has 2 aromatic carbocycles. The van der Waals surface area contributed by atoms with Gasteiger partial charge in [0.2, 0.25) is 0 Å². The van der Waals surface area contributed by atoms with E-state index in [-0.39, 0.29) is 0 Å². The molecule has 20 heavy (non-hydrogen) atoms. The average molecular weight is 394 g/mol. The van der Waals surface area contributed by atoms with Gasteiger partial charge in [0.05, 0.1) is 0 Å². The van der Waals surface area contributed by atoms with Crippen molar-refractivity contribution in [2.24, 2.45) is 0 Å². The standard InChI is InChI=1S/C18H20Se2/c1-2-3-10-18(20-17-13-8-5-9-14-17)15-19-16-11-6-4-7-12-16/h4-9,11-15H,2-3,10H2,1H3/b18-15+. The van der Waals surface area contributed by atoms with E-state index in [0.29, 0.717) is 29.9 Å². The van der Waals surface area contributed by atoms with Crippen molar-refractivity contribution in [3.8, 4) is 0 Å². The van der Waals surface area contributed by atoms with E-state index in [4.69, 9.17) is 0 Å². The topological polar surface area (TPSA) is 0 Å². The van der Waals surface area contributed by atoms with Crippen molar-refractivity contribution in [1.29, 1.82) is 0 Å². The van der Waals surface area contributed by atoms with Gasteiger partial charge in [-0.3, -0.25) is 0 Å². The molecule has 0 fully saturated rings. The Labute approximate surface area is 135 Å². The molecule has 2 heteroatoms. The SMILES string of the molecule is CCCC/C(=C\[Se]c1ccccc1)[Se]c1ccccc1. The summed E-state index contributed by atoms with van der Waals surface area (Å²) >= 11 is 0.966. The molecule has 0 aromatic heterocycles. The molecule has 0 bridgehead atoms. The first-order valence-corrected chi connectivity index (χ1v) is 10.6. The van der Waals surface area contributed by atoms with Crippen molar-refractivity contribution in [3.63, 3.8) is 0 Å². The Bertz CT molecular complexity index is 518. The zero-order chi connectivity index (χ0) is 14.0. The molecule has 0 aliphatic heterocycles. The fourth-order valence-corrected chi connectivity index (χ4v) is 6.14. The predicted octanol–water partition coefficient (Wildman–Crippen LogP) is 3.08. The molecule has 104 valence electrons. The third kappa shape index (κ3) is 5.69. The van der Waals surface area contributed by atoms with Crippen molar-refractivity contribution in [2.45, 2.75) is 26.2 Å². The van der Waals surface area contributed by atoms with E-state index in [1.165, 1.54) is 28.2 Å². The van der Waals surface area contributed by atoms with Gasteiger partial charge in [-0.2, -0.15) is 0 Å². The monoisotopic (exact) mass is 396 g/mol. The van der Waals surface area contributed by atoms with E-state index in [0.717, 1.165) is 0 Å². The number of unbranched alkanes of at least 4 members (excludes halogenated alkanes) is 1. The first-order valence-electron chi connectivity index (χ1n) is 7.02. The molecule has 0 amide bonds. The first-order chi connectivity index (χ1) is 9.88.